The molecule has 0 aromatic heterocycles. The van der Waals surface area contributed by atoms with Gasteiger partial charge in [0.25, 0.3) is 11.8 Å². The summed E-state index contributed by atoms with van der Waals surface area (Å²) in [7, 11) is 0. The van der Waals surface area contributed by atoms with Gasteiger partial charge in [0, 0.05) is 16.4 Å². The van der Waals surface area contributed by atoms with E-state index in [1.165, 1.54) is 0 Å². The van der Waals surface area contributed by atoms with E-state index in [0.717, 1.165) is 5.56 Å². The molecule has 32 heavy (non-hydrogen) atoms. The van der Waals surface area contributed by atoms with Gasteiger partial charge in [0.05, 0.1) is 12.1 Å². The van der Waals surface area contributed by atoms with Gasteiger partial charge in [-0.2, -0.15) is 0 Å². The Kier molecular flexibility index (Phi) is 7.83. The Morgan fingerprint density at radius 3 is 2.28 bits per heavy atom. The van der Waals surface area contributed by atoms with Gasteiger partial charge in [0.15, 0.2) is 6.61 Å². The van der Waals surface area contributed by atoms with Gasteiger partial charge in [-0.15, -0.1) is 0 Å². The molecule has 0 aliphatic carbocycles. The largest absolute Gasteiger partial charge is 0.483 e. The maximum atomic E-state index is 12.6. The predicted molar refractivity (Wildman–Crippen MR) is 124 cm³/mol. The van der Waals surface area contributed by atoms with Crippen LogP contribution >= 0.6 is 11.6 Å². The summed E-state index contributed by atoms with van der Waals surface area (Å²) in [5.74, 6) is -0.997. The molecule has 0 saturated heterocycles. The summed E-state index contributed by atoms with van der Waals surface area (Å²) in [6.07, 6.45) is 0. The second-order valence-corrected chi connectivity index (χ2v) is 7.32. The summed E-state index contributed by atoms with van der Waals surface area (Å²) in [5.41, 5.74) is 2.40. The molecule has 0 fully saturated rings. The zero-order valence-electron chi connectivity index (χ0n) is 17.4. The Bertz CT molecular complexity index is 1120. The first-order valence-electron chi connectivity index (χ1n) is 9.83. The number of aryl methyl sites for hydroxylation is 1. The van der Waals surface area contributed by atoms with E-state index in [0.29, 0.717) is 16.4 Å². The number of nitrogens with one attached hydrogen (secondary N) is 3. The fraction of sp³-hybridized carbons (Fsp3) is 0.125. The van der Waals surface area contributed by atoms with Crippen molar-refractivity contribution in [1.29, 1.82) is 0 Å². The number of benzene rings is 3. The number of para-hydroxylation sites is 2. The van der Waals surface area contributed by atoms with E-state index >= 15 is 0 Å². The monoisotopic (exact) mass is 451 g/mol. The van der Waals surface area contributed by atoms with Crippen LogP contribution in [0, 0.1) is 6.92 Å². The number of carbonyl (C=O) groups excluding carboxylic acids is 3. The van der Waals surface area contributed by atoms with Crippen LogP contribution in [0.3, 0.4) is 0 Å². The molecule has 3 aromatic carbocycles. The lowest BCUT2D eigenvalue weighted by atomic mass is 10.2. The van der Waals surface area contributed by atoms with Crippen LogP contribution in [0.25, 0.3) is 0 Å². The Hall–Kier alpha value is -3.84. The average molecular weight is 452 g/mol. The number of ether oxygens (including phenoxy) is 1. The van der Waals surface area contributed by atoms with Gasteiger partial charge in [-0.25, -0.2) is 0 Å². The number of amides is 3. The molecular formula is C24H22ClN3O4. The molecule has 0 radical (unpaired) electrons. The van der Waals surface area contributed by atoms with Crippen LogP contribution < -0.4 is 20.7 Å². The van der Waals surface area contributed by atoms with Gasteiger partial charge >= 0.3 is 0 Å². The minimum Gasteiger partial charge on any atom is -0.483 e. The molecule has 0 spiro atoms. The van der Waals surface area contributed by atoms with Gasteiger partial charge in [-0.3, -0.25) is 14.4 Å². The Balaban J connectivity index is 1.53. The summed E-state index contributed by atoms with van der Waals surface area (Å²) in [4.78, 5) is 36.9. The molecule has 0 saturated carbocycles. The maximum absolute atomic E-state index is 12.6. The molecular weight excluding hydrogens is 430 g/mol. The minimum atomic E-state index is -0.487. The van der Waals surface area contributed by atoms with Crippen molar-refractivity contribution in [2.45, 2.75) is 6.92 Å². The average Bonchev–Trinajstić information content (AvgIpc) is 2.79. The van der Waals surface area contributed by atoms with Crippen LogP contribution in [0.5, 0.6) is 5.75 Å². The normalized spacial score (nSPS) is 10.2. The molecule has 8 heteroatoms. The van der Waals surface area contributed by atoms with Crippen molar-refractivity contribution in [1.82, 2.24) is 5.32 Å². The fourth-order valence-corrected chi connectivity index (χ4v) is 2.94. The van der Waals surface area contributed by atoms with Crippen LogP contribution in [0.2, 0.25) is 5.02 Å². The summed E-state index contributed by atoms with van der Waals surface area (Å²) in [5, 5.41) is 8.56. The first-order chi connectivity index (χ1) is 15.4. The van der Waals surface area contributed by atoms with Crippen molar-refractivity contribution in [3.05, 3.63) is 88.9 Å². The SMILES string of the molecule is Cc1ccccc1NC(=O)CNC(=O)c1ccccc1OCC(=O)Nc1ccc(Cl)cc1. The summed E-state index contributed by atoms with van der Waals surface area (Å²) < 4.78 is 5.53. The number of anilines is 2. The highest BCUT2D eigenvalue weighted by Gasteiger charge is 2.15. The van der Waals surface area contributed by atoms with Crippen LogP contribution in [0.15, 0.2) is 72.8 Å². The third kappa shape index (κ3) is 6.58. The van der Waals surface area contributed by atoms with Gasteiger partial charge in [0.2, 0.25) is 5.91 Å². The summed E-state index contributed by atoms with van der Waals surface area (Å²) in [6.45, 7) is 1.38. The first-order valence-corrected chi connectivity index (χ1v) is 10.2. The van der Waals surface area contributed by atoms with Crippen molar-refractivity contribution in [3.63, 3.8) is 0 Å². The lowest BCUT2D eigenvalue weighted by Crippen LogP contribution is -2.33. The van der Waals surface area contributed by atoms with Crippen molar-refractivity contribution in [2.24, 2.45) is 0 Å². The molecule has 3 amide bonds. The molecule has 0 atom stereocenters. The lowest BCUT2D eigenvalue weighted by molar-refractivity contribution is -0.118. The number of hydrogen-bond donors (Lipinski definition) is 3. The Morgan fingerprint density at radius 1 is 0.844 bits per heavy atom. The molecule has 3 aromatic rings. The summed E-state index contributed by atoms with van der Waals surface area (Å²) >= 11 is 5.83. The zero-order chi connectivity index (χ0) is 22.9. The van der Waals surface area contributed by atoms with Crippen molar-refractivity contribution < 1.29 is 19.1 Å². The quantitative estimate of drug-likeness (QED) is 0.481. The van der Waals surface area contributed by atoms with Crippen molar-refractivity contribution >= 4 is 40.7 Å². The second kappa shape index (κ2) is 11.0. The predicted octanol–water partition coefficient (Wildman–Crippen LogP) is 4.03. The first kappa shape index (κ1) is 22.8. The topological polar surface area (TPSA) is 96.5 Å². The summed E-state index contributed by atoms with van der Waals surface area (Å²) in [6, 6.07) is 20.5. The van der Waals surface area contributed by atoms with E-state index in [1.54, 1.807) is 54.6 Å². The van der Waals surface area contributed by atoms with Crippen LogP contribution in [0.1, 0.15) is 15.9 Å². The van der Waals surface area contributed by atoms with Crippen molar-refractivity contribution in [3.8, 4) is 5.75 Å². The maximum Gasteiger partial charge on any atom is 0.262 e. The van der Waals surface area contributed by atoms with E-state index in [1.807, 2.05) is 25.1 Å². The fourth-order valence-electron chi connectivity index (χ4n) is 2.82. The molecule has 0 heterocycles. The van der Waals surface area contributed by atoms with Gasteiger partial charge in [-0.1, -0.05) is 41.9 Å². The van der Waals surface area contributed by atoms with E-state index in [4.69, 9.17) is 16.3 Å². The molecule has 3 N–H and O–H groups in total. The Morgan fingerprint density at radius 2 is 1.53 bits per heavy atom. The molecule has 164 valence electrons. The molecule has 0 bridgehead atoms. The highest BCUT2D eigenvalue weighted by Crippen LogP contribution is 2.18. The number of rotatable bonds is 8. The standard InChI is InChI=1S/C24H22ClN3O4/c1-16-6-2-4-8-20(16)28-22(29)14-26-24(31)19-7-3-5-9-21(19)32-15-23(30)27-18-12-10-17(25)11-13-18/h2-13H,14-15H2,1H3,(H,26,31)(H,27,30)(H,28,29). The molecule has 0 aliphatic rings. The van der Waals surface area contributed by atoms with Crippen LogP contribution in [-0.2, 0) is 9.59 Å². The third-order valence-corrected chi connectivity index (χ3v) is 4.70. The van der Waals surface area contributed by atoms with Gasteiger partial charge in [-0.05, 0) is 55.0 Å². The lowest BCUT2D eigenvalue weighted by Gasteiger charge is -2.12. The molecule has 3 rings (SSSR count). The van der Waals surface area contributed by atoms with E-state index < -0.39 is 5.91 Å². The minimum absolute atomic E-state index is 0.210. The third-order valence-electron chi connectivity index (χ3n) is 4.45. The smallest absolute Gasteiger partial charge is 0.262 e. The highest BCUT2D eigenvalue weighted by atomic mass is 35.5. The van der Waals surface area contributed by atoms with E-state index in [9.17, 15) is 14.4 Å². The van der Waals surface area contributed by atoms with Gasteiger partial charge < -0.3 is 20.7 Å². The van der Waals surface area contributed by atoms with Crippen molar-refractivity contribution in [2.75, 3.05) is 23.8 Å². The second-order valence-electron chi connectivity index (χ2n) is 6.89. The zero-order valence-corrected chi connectivity index (χ0v) is 18.1. The number of carbonyl (C=O) groups is 3. The van der Waals surface area contributed by atoms with E-state index in [-0.39, 0.29) is 36.3 Å². The van der Waals surface area contributed by atoms with Crippen LogP contribution in [0.4, 0.5) is 11.4 Å². The number of halogens is 1. The molecule has 0 unspecified atom stereocenters. The van der Waals surface area contributed by atoms with Gasteiger partial charge in [0.1, 0.15) is 5.75 Å². The number of hydrogen-bond acceptors (Lipinski definition) is 4. The van der Waals surface area contributed by atoms with E-state index in [2.05, 4.69) is 16.0 Å². The molecule has 7 nitrogen and oxygen atoms in total. The molecule has 0 aliphatic heterocycles. The highest BCUT2D eigenvalue weighted by molar-refractivity contribution is 6.30. The van der Waals surface area contributed by atoms with Crippen LogP contribution in [-0.4, -0.2) is 30.9 Å². The Labute approximate surface area is 190 Å².